The summed E-state index contributed by atoms with van der Waals surface area (Å²) >= 11 is 0. The molecule has 0 aliphatic rings. The highest BCUT2D eigenvalue weighted by Gasteiger charge is 2.29. The molecule has 2 nitrogen and oxygen atoms in total. The first kappa shape index (κ1) is 15.7. The summed E-state index contributed by atoms with van der Waals surface area (Å²) in [5.74, 6) is -0.0378. The number of rotatable bonds is 6. The lowest BCUT2D eigenvalue weighted by Crippen LogP contribution is -2.30. The van der Waals surface area contributed by atoms with Crippen molar-refractivity contribution in [3.8, 4) is 5.75 Å². The van der Waals surface area contributed by atoms with Crippen LogP contribution in [0.1, 0.15) is 18.9 Å². The van der Waals surface area contributed by atoms with Gasteiger partial charge in [0.1, 0.15) is 5.75 Å². The van der Waals surface area contributed by atoms with Gasteiger partial charge in [-0.25, -0.2) is 0 Å². The molecule has 0 heterocycles. The van der Waals surface area contributed by atoms with Gasteiger partial charge in [-0.2, -0.15) is 22.0 Å². The van der Waals surface area contributed by atoms with Crippen molar-refractivity contribution in [2.75, 3.05) is 0 Å². The van der Waals surface area contributed by atoms with E-state index < -0.39 is 25.3 Å². The second-order valence-corrected chi connectivity index (χ2v) is 4.09. The van der Waals surface area contributed by atoms with E-state index in [1.807, 2.05) is 0 Å². The third-order valence-corrected chi connectivity index (χ3v) is 2.37. The van der Waals surface area contributed by atoms with E-state index in [-0.39, 0.29) is 12.3 Å². The zero-order chi connectivity index (χ0) is 14.5. The molecule has 108 valence electrons. The van der Waals surface area contributed by atoms with E-state index in [0.29, 0.717) is 5.56 Å². The summed E-state index contributed by atoms with van der Waals surface area (Å²) in [4.78, 5) is 0. The summed E-state index contributed by atoms with van der Waals surface area (Å²) in [6.45, 7) is -1.56. The van der Waals surface area contributed by atoms with Crippen molar-refractivity contribution in [1.82, 2.24) is 5.32 Å². The number of alkyl halides is 5. The first-order valence-corrected chi connectivity index (χ1v) is 5.61. The Morgan fingerprint density at radius 2 is 1.84 bits per heavy atom. The van der Waals surface area contributed by atoms with Gasteiger partial charge in [0.2, 0.25) is 0 Å². The molecule has 1 aromatic rings. The predicted octanol–water partition coefficient (Wildman–Crippen LogP) is 3.72. The molecule has 0 spiro atoms. The van der Waals surface area contributed by atoms with Gasteiger partial charge in [0.05, 0.1) is 6.42 Å². The quantitative estimate of drug-likeness (QED) is 0.803. The molecule has 0 radical (unpaired) electrons. The molecule has 0 aliphatic heterocycles. The monoisotopic (exact) mass is 283 g/mol. The molecule has 1 unspecified atom stereocenters. The van der Waals surface area contributed by atoms with Crippen LogP contribution in [0.2, 0.25) is 0 Å². The van der Waals surface area contributed by atoms with E-state index in [0.717, 1.165) is 0 Å². The molecule has 19 heavy (non-hydrogen) atoms. The van der Waals surface area contributed by atoms with E-state index in [9.17, 15) is 22.0 Å². The first-order valence-electron chi connectivity index (χ1n) is 5.61. The fraction of sp³-hybridized carbons (Fsp3) is 0.500. The number of nitrogens with one attached hydrogen (secondary N) is 1. The van der Waals surface area contributed by atoms with Crippen molar-refractivity contribution < 1.29 is 26.7 Å². The summed E-state index contributed by atoms with van der Waals surface area (Å²) < 4.78 is 64.9. The van der Waals surface area contributed by atoms with Crippen LogP contribution in [0.5, 0.6) is 5.75 Å². The van der Waals surface area contributed by atoms with Crippen LogP contribution in [0.3, 0.4) is 0 Å². The molecule has 0 aliphatic carbocycles. The maximum Gasteiger partial charge on any atom is 0.390 e. The number of para-hydroxylation sites is 1. The van der Waals surface area contributed by atoms with Gasteiger partial charge in [-0.15, -0.1) is 0 Å². The van der Waals surface area contributed by atoms with Gasteiger partial charge in [-0.1, -0.05) is 18.2 Å². The Balaban J connectivity index is 2.57. The summed E-state index contributed by atoms with van der Waals surface area (Å²) in [6.07, 6.45) is -5.24. The van der Waals surface area contributed by atoms with Gasteiger partial charge >= 0.3 is 12.8 Å². The molecule has 0 fully saturated rings. The zero-order valence-electron chi connectivity index (χ0n) is 10.2. The SMILES string of the molecule is CC(CC(F)(F)F)NCc1ccccc1OC(F)F. The highest BCUT2D eigenvalue weighted by Crippen LogP contribution is 2.23. The Morgan fingerprint density at radius 1 is 1.21 bits per heavy atom. The van der Waals surface area contributed by atoms with Gasteiger partial charge in [0.25, 0.3) is 0 Å². The van der Waals surface area contributed by atoms with E-state index in [2.05, 4.69) is 10.1 Å². The van der Waals surface area contributed by atoms with Crippen LogP contribution < -0.4 is 10.1 Å². The summed E-state index contributed by atoms with van der Waals surface area (Å²) in [7, 11) is 0. The Kier molecular flexibility index (Phi) is 5.53. The van der Waals surface area contributed by atoms with Crippen LogP contribution in [0.4, 0.5) is 22.0 Å². The molecule has 0 bridgehead atoms. The second kappa shape index (κ2) is 6.70. The number of hydrogen-bond acceptors (Lipinski definition) is 2. The molecule has 7 heteroatoms. The third kappa shape index (κ3) is 6.37. The molecule has 0 aromatic heterocycles. The van der Waals surface area contributed by atoms with E-state index in [4.69, 9.17) is 0 Å². The van der Waals surface area contributed by atoms with Crippen LogP contribution in [-0.4, -0.2) is 18.8 Å². The minimum Gasteiger partial charge on any atom is -0.434 e. The Morgan fingerprint density at radius 3 is 2.42 bits per heavy atom. The summed E-state index contributed by atoms with van der Waals surface area (Å²) in [6, 6.07) is 5.17. The molecular weight excluding hydrogens is 269 g/mol. The van der Waals surface area contributed by atoms with Crippen LogP contribution in [0, 0.1) is 0 Å². The standard InChI is InChI=1S/C12H14F5NO/c1-8(6-12(15,16)17)18-7-9-4-2-3-5-10(9)19-11(13)14/h2-5,8,11,18H,6-7H2,1H3. The number of benzene rings is 1. The van der Waals surface area contributed by atoms with Crippen LogP contribution in [-0.2, 0) is 6.54 Å². The molecule has 0 amide bonds. The summed E-state index contributed by atoms with van der Waals surface area (Å²) in [5.41, 5.74) is 0.386. The molecule has 1 atom stereocenters. The van der Waals surface area contributed by atoms with E-state index >= 15 is 0 Å². The van der Waals surface area contributed by atoms with Gasteiger partial charge in [0, 0.05) is 18.2 Å². The fourth-order valence-corrected chi connectivity index (χ4v) is 1.56. The van der Waals surface area contributed by atoms with Gasteiger partial charge in [0.15, 0.2) is 0 Å². The van der Waals surface area contributed by atoms with E-state index in [1.54, 1.807) is 6.07 Å². The average molecular weight is 283 g/mol. The minimum absolute atomic E-state index is 0.0279. The zero-order valence-corrected chi connectivity index (χ0v) is 10.2. The van der Waals surface area contributed by atoms with Gasteiger partial charge in [-0.3, -0.25) is 0 Å². The summed E-state index contributed by atoms with van der Waals surface area (Å²) in [5, 5.41) is 2.62. The van der Waals surface area contributed by atoms with Crippen LogP contribution >= 0.6 is 0 Å². The van der Waals surface area contributed by atoms with Crippen molar-refractivity contribution in [2.45, 2.75) is 38.7 Å². The van der Waals surface area contributed by atoms with Crippen molar-refractivity contribution >= 4 is 0 Å². The first-order chi connectivity index (χ1) is 8.78. The Bertz CT molecular complexity index is 394. The largest absolute Gasteiger partial charge is 0.434 e. The molecule has 0 saturated heterocycles. The molecule has 0 saturated carbocycles. The lowest BCUT2D eigenvalue weighted by molar-refractivity contribution is -0.139. The lowest BCUT2D eigenvalue weighted by Gasteiger charge is -2.17. The third-order valence-electron chi connectivity index (χ3n) is 2.37. The highest BCUT2D eigenvalue weighted by molar-refractivity contribution is 5.33. The minimum atomic E-state index is -4.26. The molecular formula is C12H14F5NO. The number of halogens is 5. The Hall–Kier alpha value is -1.37. The molecule has 1 N–H and O–H groups in total. The highest BCUT2D eigenvalue weighted by atomic mass is 19.4. The van der Waals surface area contributed by atoms with Crippen molar-refractivity contribution in [3.05, 3.63) is 29.8 Å². The van der Waals surface area contributed by atoms with Crippen molar-refractivity contribution in [3.63, 3.8) is 0 Å². The normalized spacial score (nSPS) is 13.6. The Labute approximate surface area is 107 Å². The number of ether oxygens (including phenoxy) is 1. The predicted molar refractivity (Wildman–Crippen MR) is 60.0 cm³/mol. The fourth-order valence-electron chi connectivity index (χ4n) is 1.56. The van der Waals surface area contributed by atoms with Gasteiger partial charge < -0.3 is 10.1 Å². The lowest BCUT2D eigenvalue weighted by atomic mass is 10.1. The van der Waals surface area contributed by atoms with Crippen molar-refractivity contribution in [2.24, 2.45) is 0 Å². The molecule has 1 rings (SSSR count). The number of hydrogen-bond donors (Lipinski definition) is 1. The van der Waals surface area contributed by atoms with E-state index in [1.165, 1.54) is 25.1 Å². The van der Waals surface area contributed by atoms with Gasteiger partial charge in [-0.05, 0) is 13.0 Å². The van der Waals surface area contributed by atoms with Crippen LogP contribution in [0.15, 0.2) is 24.3 Å². The van der Waals surface area contributed by atoms with Crippen LogP contribution in [0.25, 0.3) is 0 Å². The average Bonchev–Trinajstić information content (AvgIpc) is 2.24. The topological polar surface area (TPSA) is 21.3 Å². The maximum absolute atomic E-state index is 12.1. The smallest absolute Gasteiger partial charge is 0.390 e. The second-order valence-electron chi connectivity index (χ2n) is 4.09. The van der Waals surface area contributed by atoms with Crippen molar-refractivity contribution in [1.29, 1.82) is 0 Å². The molecule has 1 aromatic carbocycles. The maximum atomic E-state index is 12.1.